The largest absolute Gasteiger partial charge is 0.339 e. The number of hydrogen-bond donors (Lipinski definition) is 0. The maximum Gasteiger partial charge on any atom is 0.264 e. The summed E-state index contributed by atoms with van der Waals surface area (Å²) in [6.45, 7) is 6.94. The van der Waals surface area contributed by atoms with Crippen molar-refractivity contribution in [3.8, 4) is 0 Å². The van der Waals surface area contributed by atoms with Crippen LogP contribution in [0.5, 0.6) is 0 Å². The summed E-state index contributed by atoms with van der Waals surface area (Å²) in [5.41, 5.74) is 1.11. The van der Waals surface area contributed by atoms with Gasteiger partial charge in [0.05, 0.1) is 4.88 Å². The van der Waals surface area contributed by atoms with Crippen LogP contribution < -0.4 is 0 Å². The second-order valence-electron chi connectivity index (χ2n) is 3.35. The van der Waals surface area contributed by atoms with Crippen LogP contribution in [-0.4, -0.2) is 29.1 Å². The highest BCUT2D eigenvalue weighted by atomic mass is 35.5. The molecule has 0 N–H and O–H groups in total. The molecule has 0 aliphatic rings. The molecule has 3 nitrogen and oxygen atoms in total. The van der Waals surface area contributed by atoms with E-state index in [2.05, 4.69) is 0 Å². The highest BCUT2D eigenvalue weighted by Gasteiger charge is 2.20. The van der Waals surface area contributed by atoms with Crippen LogP contribution in [0, 0.1) is 6.92 Å². The molecule has 0 spiro atoms. The summed E-state index contributed by atoms with van der Waals surface area (Å²) in [5, 5.41) is 1.13. The van der Waals surface area contributed by atoms with Gasteiger partial charge in [0.25, 0.3) is 11.1 Å². The molecule has 0 saturated carbocycles. The van der Waals surface area contributed by atoms with Gasteiger partial charge in [0.1, 0.15) is 0 Å². The molecule has 0 fully saturated rings. The molecule has 1 aromatic heterocycles. The van der Waals surface area contributed by atoms with Gasteiger partial charge in [0.15, 0.2) is 0 Å². The van der Waals surface area contributed by atoms with Crippen molar-refractivity contribution >= 4 is 34.1 Å². The summed E-state index contributed by atoms with van der Waals surface area (Å²) < 4.78 is 0. The number of nitrogens with zero attached hydrogens (tertiary/aromatic N) is 1. The first-order valence-corrected chi connectivity index (χ1v) is 6.35. The first-order chi connectivity index (χ1) is 7.52. The lowest BCUT2D eigenvalue weighted by Gasteiger charge is -2.18. The smallest absolute Gasteiger partial charge is 0.264 e. The van der Waals surface area contributed by atoms with Crippen LogP contribution in [0.1, 0.15) is 39.4 Å². The van der Waals surface area contributed by atoms with Crippen molar-refractivity contribution in [1.29, 1.82) is 0 Å². The van der Waals surface area contributed by atoms with Gasteiger partial charge in [0, 0.05) is 24.0 Å². The zero-order valence-corrected chi connectivity index (χ0v) is 11.1. The van der Waals surface area contributed by atoms with Crippen molar-refractivity contribution in [3.05, 3.63) is 21.4 Å². The summed E-state index contributed by atoms with van der Waals surface area (Å²) in [6.07, 6.45) is 0. The first-order valence-electron chi connectivity index (χ1n) is 5.10. The van der Waals surface area contributed by atoms with Crippen LogP contribution in [-0.2, 0) is 0 Å². The van der Waals surface area contributed by atoms with Gasteiger partial charge < -0.3 is 4.90 Å². The van der Waals surface area contributed by atoms with E-state index in [-0.39, 0.29) is 5.91 Å². The van der Waals surface area contributed by atoms with Gasteiger partial charge in [0.2, 0.25) is 0 Å². The molecule has 0 radical (unpaired) electrons. The lowest BCUT2D eigenvalue weighted by atomic mass is 10.2. The number of thiophene rings is 1. The van der Waals surface area contributed by atoms with Crippen molar-refractivity contribution < 1.29 is 9.59 Å². The van der Waals surface area contributed by atoms with E-state index in [9.17, 15) is 9.59 Å². The lowest BCUT2D eigenvalue weighted by Crippen LogP contribution is -2.30. The minimum atomic E-state index is -0.507. The van der Waals surface area contributed by atoms with Crippen molar-refractivity contribution in [2.24, 2.45) is 0 Å². The van der Waals surface area contributed by atoms with E-state index in [1.807, 2.05) is 13.8 Å². The zero-order valence-electron chi connectivity index (χ0n) is 9.54. The van der Waals surface area contributed by atoms with E-state index in [0.29, 0.717) is 29.1 Å². The molecular weight excluding hydrogens is 246 g/mol. The van der Waals surface area contributed by atoms with Crippen molar-refractivity contribution in [1.82, 2.24) is 4.90 Å². The van der Waals surface area contributed by atoms with Crippen LogP contribution in [0.3, 0.4) is 0 Å². The third-order valence-electron chi connectivity index (χ3n) is 2.50. The summed E-state index contributed by atoms with van der Waals surface area (Å²) in [7, 11) is 0. The van der Waals surface area contributed by atoms with E-state index in [1.165, 1.54) is 11.3 Å². The molecule has 0 aliphatic carbocycles. The van der Waals surface area contributed by atoms with Crippen LogP contribution in [0.2, 0.25) is 0 Å². The molecule has 88 valence electrons. The number of carbonyl (C=O) groups excluding carboxylic acids is 2. The maximum atomic E-state index is 12.0. The Morgan fingerprint density at radius 2 is 1.94 bits per heavy atom. The minimum absolute atomic E-state index is 0.0309. The van der Waals surface area contributed by atoms with Gasteiger partial charge in [-0.25, -0.2) is 0 Å². The van der Waals surface area contributed by atoms with Crippen molar-refractivity contribution in [3.63, 3.8) is 0 Å². The Hall–Kier alpha value is -0.870. The monoisotopic (exact) mass is 259 g/mol. The van der Waals surface area contributed by atoms with Crippen LogP contribution in [0.4, 0.5) is 0 Å². The minimum Gasteiger partial charge on any atom is -0.339 e. The summed E-state index contributed by atoms with van der Waals surface area (Å²) in [6, 6.07) is 0. The number of amides is 1. The third kappa shape index (κ3) is 2.44. The average Bonchev–Trinajstić information content (AvgIpc) is 2.61. The summed E-state index contributed by atoms with van der Waals surface area (Å²) in [5.74, 6) is -0.0309. The predicted molar refractivity (Wildman–Crippen MR) is 66.5 cm³/mol. The molecule has 1 amide bonds. The van der Waals surface area contributed by atoms with E-state index < -0.39 is 5.24 Å². The Morgan fingerprint density at radius 3 is 2.31 bits per heavy atom. The molecule has 0 atom stereocenters. The van der Waals surface area contributed by atoms with Crippen LogP contribution in [0.15, 0.2) is 5.38 Å². The average molecular weight is 260 g/mol. The molecule has 0 bridgehead atoms. The Balaban J connectivity index is 3.05. The molecule has 0 aromatic carbocycles. The molecule has 5 heteroatoms. The first kappa shape index (κ1) is 13.2. The molecular formula is C11H14ClNO2S. The van der Waals surface area contributed by atoms with Gasteiger partial charge in [-0.15, -0.1) is 11.3 Å². The lowest BCUT2D eigenvalue weighted by molar-refractivity contribution is 0.0777. The van der Waals surface area contributed by atoms with Gasteiger partial charge >= 0.3 is 0 Å². The number of hydrogen-bond acceptors (Lipinski definition) is 3. The van der Waals surface area contributed by atoms with Crippen molar-refractivity contribution in [2.75, 3.05) is 13.1 Å². The molecule has 0 aliphatic heterocycles. The summed E-state index contributed by atoms with van der Waals surface area (Å²) >= 11 is 6.69. The van der Waals surface area contributed by atoms with Crippen molar-refractivity contribution in [2.45, 2.75) is 20.8 Å². The Kier molecular flexibility index (Phi) is 4.50. The number of halogens is 1. The molecule has 16 heavy (non-hydrogen) atoms. The number of carbonyl (C=O) groups is 2. The van der Waals surface area contributed by atoms with Gasteiger partial charge in [-0.2, -0.15) is 0 Å². The second kappa shape index (κ2) is 5.46. The molecule has 0 unspecified atom stereocenters. The summed E-state index contributed by atoms with van der Waals surface area (Å²) in [4.78, 5) is 25.4. The van der Waals surface area contributed by atoms with Crippen LogP contribution in [0.25, 0.3) is 0 Å². The van der Waals surface area contributed by atoms with Gasteiger partial charge in [-0.3, -0.25) is 9.59 Å². The normalized spacial score (nSPS) is 10.2. The standard InChI is InChI=1S/C11H14ClNO2S/c1-4-13(5-2)11(15)9-7(3)8(6-16-9)10(12)14/h6H,4-5H2,1-3H3. The highest BCUT2D eigenvalue weighted by Crippen LogP contribution is 2.24. The Labute approximate surface area is 104 Å². The fourth-order valence-electron chi connectivity index (χ4n) is 1.48. The second-order valence-corrected chi connectivity index (χ2v) is 4.58. The Morgan fingerprint density at radius 1 is 1.38 bits per heavy atom. The SMILES string of the molecule is CCN(CC)C(=O)c1scc(C(=O)Cl)c1C. The third-order valence-corrected chi connectivity index (χ3v) is 3.77. The molecule has 1 rings (SSSR count). The molecule has 0 saturated heterocycles. The predicted octanol–water partition coefficient (Wildman–Crippen LogP) is 2.92. The zero-order chi connectivity index (χ0) is 12.3. The molecule has 1 aromatic rings. The Bertz CT molecular complexity index is 410. The van der Waals surface area contributed by atoms with Crippen LogP contribution >= 0.6 is 22.9 Å². The fourth-order valence-corrected chi connectivity index (χ4v) is 2.77. The van der Waals surface area contributed by atoms with Gasteiger partial charge in [-0.1, -0.05) is 0 Å². The van der Waals surface area contributed by atoms with E-state index >= 15 is 0 Å². The van der Waals surface area contributed by atoms with E-state index in [4.69, 9.17) is 11.6 Å². The topological polar surface area (TPSA) is 37.4 Å². The maximum absolute atomic E-state index is 12.0. The highest BCUT2D eigenvalue weighted by molar-refractivity contribution is 7.12. The van der Waals surface area contributed by atoms with E-state index in [0.717, 1.165) is 0 Å². The number of rotatable bonds is 4. The fraction of sp³-hybridized carbons (Fsp3) is 0.455. The van der Waals surface area contributed by atoms with Gasteiger partial charge in [-0.05, 0) is 37.9 Å². The van der Waals surface area contributed by atoms with E-state index in [1.54, 1.807) is 17.2 Å². The molecule has 1 heterocycles. The quantitative estimate of drug-likeness (QED) is 0.780.